The lowest BCUT2D eigenvalue weighted by Crippen LogP contribution is -2.45. The predicted octanol–water partition coefficient (Wildman–Crippen LogP) is 3.90. The van der Waals surface area contributed by atoms with E-state index < -0.39 is 0 Å². The molecule has 4 rings (SSSR count). The second-order valence-corrected chi connectivity index (χ2v) is 8.46. The molecule has 2 heteroatoms. The number of rotatable bonds is 3. The van der Waals surface area contributed by atoms with Crippen LogP contribution >= 0.6 is 0 Å². The van der Waals surface area contributed by atoms with Gasteiger partial charge in [-0.25, -0.2) is 0 Å². The van der Waals surface area contributed by atoms with E-state index in [0.717, 1.165) is 31.6 Å². The summed E-state index contributed by atoms with van der Waals surface area (Å²) < 4.78 is 0. The van der Waals surface area contributed by atoms with Crippen LogP contribution < -0.4 is 0 Å². The van der Waals surface area contributed by atoms with Crippen LogP contribution in [0.15, 0.2) is 24.3 Å². The maximum Gasteiger partial charge on any atom is 0.0599 e. The lowest BCUT2D eigenvalue weighted by molar-refractivity contribution is -0.0307. The SMILES string of the molecule is C[C@]12CC[C@@H]3c4ccccc4CC[C@H]3[C@@H]1[C@H](CCCO)CC2O. The maximum atomic E-state index is 10.8. The van der Waals surface area contributed by atoms with E-state index in [1.54, 1.807) is 11.1 Å². The first-order valence-corrected chi connectivity index (χ1v) is 9.52. The van der Waals surface area contributed by atoms with Crippen LogP contribution in [-0.4, -0.2) is 22.9 Å². The van der Waals surface area contributed by atoms with Gasteiger partial charge in [0.25, 0.3) is 0 Å². The summed E-state index contributed by atoms with van der Waals surface area (Å²) in [6.45, 7) is 2.63. The van der Waals surface area contributed by atoms with Gasteiger partial charge in [-0.15, -0.1) is 0 Å². The zero-order valence-electron chi connectivity index (χ0n) is 14.2. The Labute approximate surface area is 139 Å². The molecule has 0 amide bonds. The van der Waals surface area contributed by atoms with Crippen molar-refractivity contribution in [3.05, 3.63) is 35.4 Å². The number of aryl methyl sites for hydroxylation is 1. The summed E-state index contributed by atoms with van der Waals surface area (Å²) in [6, 6.07) is 9.03. The van der Waals surface area contributed by atoms with Crippen LogP contribution in [0.5, 0.6) is 0 Å². The summed E-state index contributed by atoms with van der Waals surface area (Å²) in [4.78, 5) is 0. The van der Waals surface area contributed by atoms with Crippen LogP contribution in [0, 0.1) is 23.2 Å². The molecule has 0 aromatic heterocycles. The Morgan fingerprint density at radius 2 is 2.04 bits per heavy atom. The van der Waals surface area contributed by atoms with E-state index in [4.69, 9.17) is 0 Å². The van der Waals surface area contributed by atoms with Crippen molar-refractivity contribution in [2.24, 2.45) is 23.2 Å². The quantitative estimate of drug-likeness (QED) is 0.888. The number of fused-ring (bicyclic) bond motifs is 5. The van der Waals surface area contributed by atoms with Crippen molar-refractivity contribution in [3.63, 3.8) is 0 Å². The largest absolute Gasteiger partial charge is 0.396 e. The Bertz CT molecular complexity index is 569. The maximum absolute atomic E-state index is 10.8. The van der Waals surface area contributed by atoms with Gasteiger partial charge in [0.05, 0.1) is 6.10 Å². The Kier molecular flexibility index (Phi) is 4.01. The Balaban J connectivity index is 1.67. The Morgan fingerprint density at radius 3 is 2.87 bits per heavy atom. The number of aliphatic hydroxyl groups excluding tert-OH is 2. The Morgan fingerprint density at radius 1 is 1.22 bits per heavy atom. The molecule has 0 heterocycles. The summed E-state index contributed by atoms with van der Waals surface area (Å²) in [6.07, 6.45) is 7.65. The van der Waals surface area contributed by atoms with Gasteiger partial charge in [-0.1, -0.05) is 31.2 Å². The molecule has 3 aliphatic carbocycles. The highest BCUT2D eigenvalue weighted by Gasteiger charge is 2.57. The smallest absolute Gasteiger partial charge is 0.0599 e. The summed E-state index contributed by atoms with van der Waals surface area (Å²) in [7, 11) is 0. The average Bonchev–Trinajstić information content (AvgIpc) is 2.83. The van der Waals surface area contributed by atoms with Gasteiger partial charge in [0.1, 0.15) is 0 Å². The van der Waals surface area contributed by atoms with E-state index in [2.05, 4.69) is 31.2 Å². The van der Waals surface area contributed by atoms with Crippen molar-refractivity contribution >= 4 is 0 Å². The lowest BCUT2D eigenvalue weighted by Gasteiger charge is -2.51. The van der Waals surface area contributed by atoms with Gasteiger partial charge < -0.3 is 10.2 Å². The molecule has 23 heavy (non-hydrogen) atoms. The minimum atomic E-state index is -0.144. The molecule has 2 nitrogen and oxygen atoms in total. The highest BCUT2D eigenvalue weighted by molar-refractivity contribution is 5.35. The monoisotopic (exact) mass is 314 g/mol. The molecule has 1 unspecified atom stereocenters. The predicted molar refractivity (Wildman–Crippen MR) is 92.3 cm³/mol. The lowest BCUT2D eigenvalue weighted by atomic mass is 9.54. The molecule has 0 saturated heterocycles. The van der Waals surface area contributed by atoms with Crippen LogP contribution in [0.1, 0.15) is 62.5 Å². The van der Waals surface area contributed by atoms with Crippen molar-refractivity contribution in [1.29, 1.82) is 0 Å². The third-order valence-electron chi connectivity index (χ3n) is 7.46. The zero-order chi connectivity index (χ0) is 16.0. The molecular formula is C21H30O2. The van der Waals surface area contributed by atoms with E-state index >= 15 is 0 Å². The fourth-order valence-corrected chi connectivity index (χ4v) is 6.43. The number of hydrogen-bond acceptors (Lipinski definition) is 2. The van der Waals surface area contributed by atoms with E-state index in [-0.39, 0.29) is 18.1 Å². The number of benzene rings is 1. The van der Waals surface area contributed by atoms with Gasteiger partial charge in [0.2, 0.25) is 0 Å². The van der Waals surface area contributed by atoms with Crippen LogP contribution in [0.2, 0.25) is 0 Å². The summed E-state index contributed by atoms with van der Waals surface area (Å²) in [5, 5.41) is 20.0. The molecular weight excluding hydrogens is 284 g/mol. The van der Waals surface area contributed by atoms with E-state index in [1.165, 1.54) is 19.3 Å². The molecule has 0 spiro atoms. The van der Waals surface area contributed by atoms with Crippen LogP contribution in [-0.2, 0) is 6.42 Å². The van der Waals surface area contributed by atoms with Gasteiger partial charge in [0.15, 0.2) is 0 Å². The molecule has 0 bridgehead atoms. The zero-order valence-corrected chi connectivity index (χ0v) is 14.2. The first-order valence-electron chi connectivity index (χ1n) is 9.52. The fraction of sp³-hybridized carbons (Fsp3) is 0.714. The molecule has 126 valence electrons. The van der Waals surface area contributed by atoms with Crippen LogP contribution in [0.3, 0.4) is 0 Å². The molecule has 6 atom stereocenters. The molecule has 2 fully saturated rings. The third kappa shape index (κ3) is 2.37. The Hall–Kier alpha value is -0.860. The molecule has 1 aromatic rings. The molecule has 1 aromatic carbocycles. The third-order valence-corrected chi connectivity index (χ3v) is 7.46. The summed E-state index contributed by atoms with van der Waals surface area (Å²) in [5.41, 5.74) is 3.25. The van der Waals surface area contributed by atoms with Crippen molar-refractivity contribution < 1.29 is 10.2 Å². The minimum Gasteiger partial charge on any atom is -0.396 e. The highest BCUT2D eigenvalue weighted by Crippen LogP contribution is 2.63. The van der Waals surface area contributed by atoms with Crippen molar-refractivity contribution in [2.45, 2.75) is 63.9 Å². The minimum absolute atomic E-state index is 0.105. The number of aliphatic hydroxyl groups is 2. The summed E-state index contributed by atoms with van der Waals surface area (Å²) >= 11 is 0. The van der Waals surface area contributed by atoms with Gasteiger partial charge >= 0.3 is 0 Å². The topological polar surface area (TPSA) is 40.5 Å². The van der Waals surface area contributed by atoms with Gasteiger partial charge in [0, 0.05) is 6.61 Å². The van der Waals surface area contributed by atoms with Gasteiger partial charge in [-0.3, -0.25) is 0 Å². The second-order valence-electron chi connectivity index (χ2n) is 8.46. The van der Waals surface area contributed by atoms with Gasteiger partial charge in [-0.2, -0.15) is 0 Å². The molecule has 2 saturated carbocycles. The average molecular weight is 314 g/mol. The van der Waals surface area contributed by atoms with Gasteiger partial charge in [-0.05, 0) is 85.2 Å². The summed E-state index contributed by atoms with van der Waals surface area (Å²) in [5.74, 6) is 2.65. The molecule has 2 N–H and O–H groups in total. The van der Waals surface area contributed by atoms with Crippen molar-refractivity contribution in [3.8, 4) is 0 Å². The number of hydrogen-bond donors (Lipinski definition) is 2. The van der Waals surface area contributed by atoms with E-state index in [1.807, 2.05) is 0 Å². The second kappa shape index (κ2) is 5.89. The van der Waals surface area contributed by atoms with Crippen LogP contribution in [0.4, 0.5) is 0 Å². The van der Waals surface area contributed by atoms with Crippen molar-refractivity contribution in [1.82, 2.24) is 0 Å². The van der Waals surface area contributed by atoms with E-state index in [9.17, 15) is 10.2 Å². The first kappa shape index (κ1) is 15.7. The molecule has 0 aliphatic heterocycles. The van der Waals surface area contributed by atoms with Crippen molar-refractivity contribution in [2.75, 3.05) is 6.61 Å². The molecule has 0 radical (unpaired) electrons. The van der Waals surface area contributed by atoms with Crippen LogP contribution in [0.25, 0.3) is 0 Å². The normalized spacial score (nSPS) is 42.0. The fourth-order valence-electron chi connectivity index (χ4n) is 6.43. The molecule has 3 aliphatic rings. The van der Waals surface area contributed by atoms with E-state index in [0.29, 0.717) is 17.8 Å². The highest BCUT2D eigenvalue weighted by atomic mass is 16.3. The standard InChI is InChI=1S/C21H30O2/c1-21-11-10-17-16-7-3-2-5-14(16)8-9-18(17)20(21)15(6-4-12-22)13-19(21)23/h2-3,5,7,15,17-20,22-23H,4,6,8-13H2,1H3/t15-,17-,18-,19?,20+,21-/m1/s1. The first-order chi connectivity index (χ1) is 11.1.